The molecule has 2 aromatic carbocycles. The van der Waals surface area contributed by atoms with Gasteiger partial charge in [-0.2, -0.15) is 0 Å². The van der Waals surface area contributed by atoms with Gasteiger partial charge in [-0.15, -0.1) is 0 Å². The molecule has 0 saturated carbocycles. The van der Waals surface area contributed by atoms with Gasteiger partial charge in [0.05, 0.1) is 34.8 Å². The second-order valence-electron chi connectivity index (χ2n) is 7.92. The first-order chi connectivity index (χ1) is 17.8. The molecule has 3 amide bonds. The van der Waals surface area contributed by atoms with Crippen molar-refractivity contribution in [2.45, 2.75) is 6.92 Å². The van der Waals surface area contributed by atoms with Crippen LogP contribution in [0.25, 0.3) is 6.08 Å². The molecule has 0 spiro atoms. The van der Waals surface area contributed by atoms with Crippen LogP contribution in [0.15, 0.2) is 45.8 Å². The smallest absolute Gasteiger partial charge is 0.343 e. The van der Waals surface area contributed by atoms with E-state index in [9.17, 15) is 19.2 Å². The second kappa shape index (κ2) is 12.1. The van der Waals surface area contributed by atoms with Crippen molar-refractivity contribution in [3.05, 3.63) is 61.9 Å². The maximum absolute atomic E-state index is 12.9. The standard InChI is InChI=1S/C25H22BrClN2O7S/c1-2-35-19-11-15(10-18(26)22(19)36-24(32)16-4-3-5-17(27)13-16)12-20-23(31)29(25(33)37-20)14-21(30)28-6-8-34-9-7-28/h3-5,10-13H,2,6-9,14H2,1H3/b20-12-. The van der Waals surface area contributed by atoms with E-state index in [0.29, 0.717) is 41.4 Å². The van der Waals surface area contributed by atoms with Gasteiger partial charge < -0.3 is 19.1 Å². The zero-order chi connectivity index (χ0) is 26.5. The van der Waals surface area contributed by atoms with Gasteiger partial charge in [-0.25, -0.2) is 4.79 Å². The molecular formula is C25H22BrClN2O7S. The topological polar surface area (TPSA) is 102 Å². The van der Waals surface area contributed by atoms with Crippen LogP contribution >= 0.6 is 39.3 Å². The molecule has 2 saturated heterocycles. The summed E-state index contributed by atoms with van der Waals surface area (Å²) in [4.78, 5) is 53.3. The molecule has 0 aliphatic carbocycles. The largest absolute Gasteiger partial charge is 0.490 e. The fourth-order valence-electron chi connectivity index (χ4n) is 3.64. The summed E-state index contributed by atoms with van der Waals surface area (Å²) < 4.78 is 16.9. The van der Waals surface area contributed by atoms with Crippen LogP contribution in [0.1, 0.15) is 22.8 Å². The minimum absolute atomic E-state index is 0.160. The van der Waals surface area contributed by atoms with Crippen LogP contribution in [0.4, 0.5) is 4.79 Å². The van der Waals surface area contributed by atoms with Crippen molar-refractivity contribution in [3.8, 4) is 11.5 Å². The van der Waals surface area contributed by atoms with Crippen molar-refractivity contribution in [2.24, 2.45) is 0 Å². The van der Waals surface area contributed by atoms with E-state index < -0.39 is 17.1 Å². The first-order valence-corrected chi connectivity index (χ1v) is 13.3. The molecule has 0 radical (unpaired) electrons. The Bertz CT molecular complexity index is 1280. The summed E-state index contributed by atoms with van der Waals surface area (Å²) in [5, 5.41) is -0.122. The lowest BCUT2D eigenvalue weighted by molar-refractivity contribution is -0.139. The summed E-state index contributed by atoms with van der Waals surface area (Å²) in [6.45, 7) is 3.44. The number of rotatable bonds is 7. The molecule has 12 heteroatoms. The molecular weight excluding hydrogens is 588 g/mol. The molecule has 2 heterocycles. The van der Waals surface area contributed by atoms with Gasteiger partial charge in [0.25, 0.3) is 11.1 Å². The van der Waals surface area contributed by atoms with Gasteiger partial charge in [0.2, 0.25) is 5.91 Å². The lowest BCUT2D eigenvalue weighted by Gasteiger charge is -2.28. The molecule has 4 rings (SSSR count). The van der Waals surface area contributed by atoms with Crippen molar-refractivity contribution in [1.82, 2.24) is 9.80 Å². The summed E-state index contributed by atoms with van der Waals surface area (Å²) in [7, 11) is 0. The van der Waals surface area contributed by atoms with Gasteiger partial charge in [0.15, 0.2) is 11.5 Å². The average molecular weight is 610 g/mol. The quantitative estimate of drug-likeness (QED) is 0.255. The van der Waals surface area contributed by atoms with Gasteiger partial charge >= 0.3 is 5.97 Å². The predicted molar refractivity (Wildman–Crippen MR) is 142 cm³/mol. The molecule has 37 heavy (non-hydrogen) atoms. The number of morpholine rings is 1. The van der Waals surface area contributed by atoms with Crippen molar-refractivity contribution >= 4 is 68.4 Å². The average Bonchev–Trinajstić information content (AvgIpc) is 3.13. The highest BCUT2D eigenvalue weighted by atomic mass is 79.9. The predicted octanol–water partition coefficient (Wildman–Crippen LogP) is 4.62. The summed E-state index contributed by atoms with van der Waals surface area (Å²) in [6, 6.07) is 9.60. The normalized spacial score (nSPS) is 16.9. The Balaban J connectivity index is 1.54. The van der Waals surface area contributed by atoms with Crippen LogP contribution in [-0.2, 0) is 14.3 Å². The molecule has 0 aromatic heterocycles. The third-order valence-corrected chi connectivity index (χ3v) is 7.15. The number of carbonyl (C=O) groups excluding carboxylic acids is 4. The van der Waals surface area contributed by atoms with Crippen LogP contribution in [0.5, 0.6) is 11.5 Å². The number of hydrogen-bond acceptors (Lipinski definition) is 8. The molecule has 2 aliphatic heterocycles. The third-order valence-electron chi connectivity index (χ3n) is 5.42. The number of esters is 1. The molecule has 2 aliphatic rings. The molecule has 0 N–H and O–H groups in total. The number of carbonyl (C=O) groups is 4. The van der Waals surface area contributed by atoms with E-state index in [2.05, 4.69) is 15.9 Å². The summed E-state index contributed by atoms with van der Waals surface area (Å²) in [5.74, 6) is -1.06. The number of amides is 3. The van der Waals surface area contributed by atoms with Gasteiger partial charge in [-0.1, -0.05) is 17.7 Å². The van der Waals surface area contributed by atoms with Crippen LogP contribution in [0.3, 0.4) is 0 Å². The number of benzene rings is 2. The third kappa shape index (κ3) is 6.53. The number of thioether (sulfide) groups is 1. The van der Waals surface area contributed by atoms with Crippen molar-refractivity contribution in [2.75, 3.05) is 39.5 Å². The Morgan fingerprint density at radius 1 is 1.19 bits per heavy atom. The maximum Gasteiger partial charge on any atom is 0.343 e. The highest BCUT2D eigenvalue weighted by Crippen LogP contribution is 2.40. The second-order valence-corrected chi connectivity index (χ2v) is 10.2. The van der Waals surface area contributed by atoms with Crippen LogP contribution in [0.2, 0.25) is 5.02 Å². The molecule has 2 aromatic rings. The number of nitrogens with zero attached hydrogens (tertiary/aromatic N) is 2. The van der Waals surface area contributed by atoms with E-state index in [1.165, 1.54) is 12.1 Å². The van der Waals surface area contributed by atoms with Crippen LogP contribution in [0, 0.1) is 0 Å². The SMILES string of the molecule is CCOc1cc(/C=C2\SC(=O)N(CC(=O)N3CCOCC3)C2=O)cc(Br)c1OC(=O)c1cccc(Cl)c1. The van der Waals surface area contributed by atoms with E-state index in [0.717, 1.165) is 16.7 Å². The first kappa shape index (κ1) is 27.2. The molecule has 0 unspecified atom stereocenters. The summed E-state index contributed by atoms with van der Waals surface area (Å²) >= 11 is 10.1. The fraction of sp³-hybridized carbons (Fsp3) is 0.280. The highest BCUT2D eigenvalue weighted by molar-refractivity contribution is 9.10. The Morgan fingerprint density at radius 2 is 1.95 bits per heavy atom. The molecule has 2 fully saturated rings. The first-order valence-electron chi connectivity index (χ1n) is 11.3. The van der Waals surface area contributed by atoms with Gasteiger partial charge in [-0.05, 0) is 76.6 Å². The van der Waals surface area contributed by atoms with Crippen LogP contribution < -0.4 is 9.47 Å². The number of imide groups is 1. The highest BCUT2D eigenvalue weighted by Gasteiger charge is 2.37. The van der Waals surface area contributed by atoms with E-state index in [1.54, 1.807) is 42.2 Å². The number of ether oxygens (including phenoxy) is 3. The Labute approximate surface area is 230 Å². The van der Waals surface area contributed by atoms with E-state index >= 15 is 0 Å². The molecule has 0 bridgehead atoms. The fourth-order valence-corrected chi connectivity index (χ4v) is 5.21. The van der Waals surface area contributed by atoms with E-state index in [1.807, 2.05) is 0 Å². The van der Waals surface area contributed by atoms with Crippen molar-refractivity contribution < 1.29 is 33.4 Å². The monoisotopic (exact) mass is 608 g/mol. The number of halogens is 2. The maximum atomic E-state index is 12.9. The van der Waals surface area contributed by atoms with Crippen molar-refractivity contribution in [1.29, 1.82) is 0 Å². The summed E-state index contributed by atoms with van der Waals surface area (Å²) in [6.07, 6.45) is 1.53. The Morgan fingerprint density at radius 3 is 2.65 bits per heavy atom. The minimum Gasteiger partial charge on any atom is -0.490 e. The lowest BCUT2D eigenvalue weighted by atomic mass is 10.1. The van der Waals surface area contributed by atoms with Gasteiger partial charge in [0.1, 0.15) is 6.54 Å². The van der Waals surface area contributed by atoms with Gasteiger partial charge in [0, 0.05) is 18.1 Å². The van der Waals surface area contributed by atoms with Crippen LogP contribution in [-0.4, -0.2) is 72.3 Å². The zero-order valence-corrected chi connectivity index (χ0v) is 22.9. The number of hydrogen-bond donors (Lipinski definition) is 0. The molecule has 0 atom stereocenters. The molecule has 9 nitrogen and oxygen atoms in total. The molecule has 194 valence electrons. The Hall–Kier alpha value is -2.86. The Kier molecular flexibility index (Phi) is 8.91. The minimum atomic E-state index is -0.622. The van der Waals surface area contributed by atoms with E-state index in [-0.39, 0.29) is 41.0 Å². The van der Waals surface area contributed by atoms with E-state index in [4.69, 9.17) is 25.8 Å². The lowest BCUT2D eigenvalue weighted by Crippen LogP contribution is -2.46. The summed E-state index contributed by atoms with van der Waals surface area (Å²) in [5.41, 5.74) is 0.800. The zero-order valence-electron chi connectivity index (χ0n) is 19.7. The van der Waals surface area contributed by atoms with Crippen molar-refractivity contribution in [3.63, 3.8) is 0 Å². The van der Waals surface area contributed by atoms with Gasteiger partial charge in [-0.3, -0.25) is 19.3 Å².